The third kappa shape index (κ3) is 8.49. The Balaban J connectivity index is 1.34. The first kappa shape index (κ1) is 31.9. The van der Waals surface area contributed by atoms with E-state index in [-0.39, 0.29) is 23.8 Å². The molecular formula is C35H44N4O4. The molecule has 0 saturated carbocycles. The minimum Gasteiger partial charge on any atom is -0.494 e. The van der Waals surface area contributed by atoms with Crippen molar-refractivity contribution in [2.75, 3.05) is 13.2 Å². The number of likely N-dealkylation sites (N-methyl/N-ethyl adjacent to an activating group) is 1. The Bertz CT molecular complexity index is 1440. The molecular weight excluding hydrogens is 540 g/mol. The molecule has 1 N–H and O–H groups in total. The lowest BCUT2D eigenvalue weighted by Gasteiger charge is -2.19. The molecule has 0 aliphatic carbocycles. The van der Waals surface area contributed by atoms with E-state index < -0.39 is 5.97 Å². The summed E-state index contributed by atoms with van der Waals surface area (Å²) < 4.78 is 5.60. The van der Waals surface area contributed by atoms with Gasteiger partial charge >= 0.3 is 5.97 Å². The van der Waals surface area contributed by atoms with Crippen LogP contribution in [0.25, 0.3) is 11.4 Å². The summed E-state index contributed by atoms with van der Waals surface area (Å²) in [7, 11) is 0. The third-order valence-electron chi connectivity index (χ3n) is 7.75. The van der Waals surface area contributed by atoms with E-state index in [1.807, 2.05) is 30.9 Å². The second-order valence-corrected chi connectivity index (χ2v) is 12.0. The summed E-state index contributed by atoms with van der Waals surface area (Å²) in [6.45, 7) is 11.6. The number of ether oxygens (including phenoxy) is 1. The van der Waals surface area contributed by atoms with Gasteiger partial charge in [0.25, 0.3) is 5.91 Å². The number of nitrogens with zero attached hydrogens (tertiary/aromatic N) is 4. The summed E-state index contributed by atoms with van der Waals surface area (Å²) in [5.41, 5.74) is 5.00. The number of aliphatic carboxylic acids is 1. The predicted octanol–water partition coefficient (Wildman–Crippen LogP) is 6.44. The molecule has 0 fully saturated rings. The molecule has 0 bridgehead atoms. The summed E-state index contributed by atoms with van der Waals surface area (Å²) in [4.78, 5) is 40.3. The molecule has 43 heavy (non-hydrogen) atoms. The molecule has 0 saturated heterocycles. The summed E-state index contributed by atoms with van der Waals surface area (Å²) in [5.74, 6) is 1.16. The zero-order chi connectivity index (χ0) is 31.0. The van der Waals surface area contributed by atoms with E-state index in [4.69, 9.17) is 14.7 Å². The molecule has 0 radical (unpaired) electrons. The predicted molar refractivity (Wildman–Crippen MR) is 170 cm³/mol. The number of carbonyl (C=O) groups is 2. The van der Waals surface area contributed by atoms with Gasteiger partial charge in [-0.25, -0.2) is 9.97 Å². The molecule has 1 aliphatic heterocycles. The third-order valence-corrected chi connectivity index (χ3v) is 7.75. The second kappa shape index (κ2) is 14.4. The number of aromatic nitrogens is 2. The highest BCUT2D eigenvalue weighted by Crippen LogP contribution is 2.27. The molecule has 1 unspecified atom stereocenters. The number of carbonyl (C=O) groups excluding carboxylic acids is 1. The van der Waals surface area contributed by atoms with Crippen LogP contribution in [0.1, 0.15) is 82.7 Å². The van der Waals surface area contributed by atoms with Crippen LogP contribution in [0, 0.1) is 0 Å². The molecule has 8 nitrogen and oxygen atoms in total. The zero-order valence-corrected chi connectivity index (χ0v) is 26.1. The topological polar surface area (TPSA) is 105 Å². The van der Waals surface area contributed by atoms with Gasteiger partial charge < -0.3 is 9.84 Å². The summed E-state index contributed by atoms with van der Waals surface area (Å²) in [5, 5.41) is 9.32. The average molecular weight is 585 g/mol. The van der Waals surface area contributed by atoms with E-state index >= 15 is 0 Å². The highest BCUT2D eigenvalue weighted by molar-refractivity contribution is 6.05. The van der Waals surface area contributed by atoms with Crippen LogP contribution in [0.5, 0.6) is 5.75 Å². The van der Waals surface area contributed by atoms with Gasteiger partial charge in [0, 0.05) is 36.0 Å². The lowest BCUT2D eigenvalue weighted by Crippen LogP contribution is -2.35. The number of aryl methyl sites for hydroxylation is 2. The maximum atomic E-state index is 13.1. The molecule has 2 aromatic carbocycles. The number of aliphatic imine (C=N–C) groups is 1. The van der Waals surface area contributed by atoms with E-state index in [2.05, 4.69) is 50.0 Å². The maximum absolute atomic E-state index is 13.1. The molecule has 2 heterocycles. The van der Waals surface area contributed by atoms with Gasteiger partial charge in [-0.1, -0.05) is 45.0 Å². The monoisotopic (exact) mass is 584 g/mol. The molecule has 1 aromatic heterocycles. The van der Waals surface area contributed by atoms with Crippen molar-refractivity contribution in [3.63, 3.8) is 0 Å². The van der Waals surface area contributed by atoms with Crippen LogP contribution in [0.15, 0.2) is 59.7 Å². The van der Waals surface area contributed by atoms with Gasteiger partial charge in [-0.15, -0.1) is 0 Å². The van der Waals surface area contributed by atoms with Crippen LogP contribution in [0.4, 0.5) is 0 Å². The highest BCUT2D eigenvalue weighted by Gasteiger charge is 2.32. The Morgan fingerprint density at radius 2 is 1.77 bits per heavy atom. The summed E-state index contributed by atoms with van der Waals surface area (Å²) >= 11 is 0. The fourth-order valence-electron chi connectivity index (χ4n) is 5.43. The molecule has 4 rings (SSSR count). The van der Waals surface area contributed by atoms with Gasteiger partial charge in [0.2, 0.25) is 0 Å². The van der Waals surface area contributed by atoms with E-state index in [1.165, 1.54) is 11.1 Å². The largest absolute Gasteiger partial charge is 0.494 e. The maximum Gasteiger partial charge on any atom is 0.307 e. The highest BCUT2D eigenvalue weighted by atomic mass is 16.5. The van der Waals surface area contributed by atoms with Crippen molar-refractivity contribution in [3.05, 3.63) is 77.1 Å². The minimum absolute atomic E-state index is 0.109. The van der Waals surface area contributed by atoms with Crippen LogP contribution in [0.2, 0.25) is 0 Å². The number of rotatable bonds is 14. The number of amides is 1. The SMILES string of the molecule is CCOc1ccc(-c2nccc(CCCC3=NC(CCCc4ccc(C(C)(C)C)cc4)C(=O)N3CC)n2)cc1CC(=O)O. The van der Waals surface area contributed by atoms with Gasteiger partial charge in [-0.2, -0.15) is 0 Å². The number of hydrogen-bond donors (Lipinski definition) is 1. The van der Waals surface area contributed by atoms with E-state index in [1.54, 1.807) is 18.3 Å². The van der Waals surface area contributed by atoms with Crippen molar-refractivity contribution in [3.8, 4) is 17.1 Å². The Labute approximate surface area is 255 Å². The molecule has 8 heteroatoms. The second-order valence-electron chi connectivity index (χ2n) is 12.0. The molecule has 228 valence electrons. The van der Waals surface area contributed by atoms with E-state index in [0.717, 1.165) is 42.8 Å². The fraction of sp³-hybridized carbons (Fsp3) is 0.457. The number of carboxylic acid groups (broad SMARTS) is 1. The minimum atomic E-state index is -0.921. The molecule has 1 amide bonds. The Kier molecular flexibility index (Phi) is 10.7. The Morgan fingerprint density at radius 3 is 2.44 bits per heavy atom. The summed E-state index contributed by atoms with van der Waals surface area (Å²) in [6.07, 6.45) is 6.43. The quantitative estimate of drug-likeness (QED) is 0.234. The van der Waals surface area contributed by atoms with Gasteiger partial charge in [0.15, 0.2) is 5.82 Å². The number of hydrogen-bond acceptors (Lipinski definition) is 6. The smallest absolute Gasteiger partial charge is 0.307 e. The van der Waals surface area contributed by atoms with Crippen molar-refractivity contribution >= 4 is 17.7 Å². The first-order valence-corrected chi connectivity index (χ1v) is 15.4. The van der Waals surface area contributed by atoms with Crippen LogP contribution in [0.3, 0.4) is 0 Å². The molecule has 1 aliphatic rings. The van der Waals surface area contributed by atoms with Gasteiger partial charge in [0.1, 0.15) is 17.6 Å². The molecule has 3 aromatic rings. The zero-order valence-electron chi connectivity index (χ0n) is 26.1. The Hall–Kier alpha value is -4.07. The van der Waals surface area contributed by atoms with Crippen molar-refractivity contribution in [2.24, 2.45) is 4.99 Å². The van der Waals surface area contributed by atoms with Crippen LogP contribution >= 0.6 is 0 Å². The van der Waals surface area contributed by atoms with Crippen molar-refractivity contribution < 1.29 is 19.4 Å². The van der Waals surface area contributed by atoms with Crippen LogP contribution < -0.4 is 4.74 Å². The molecule has 0 spiro atoms. The normalized spacial score (nSPS) is 15.1. The van der Waals surface area contributed by atoms with E-state index in [0.29, 0.717) is 43.1 Å². The van der Waals surface area contributed by atoms with E-state index in [9.17, 15) is 14.7 Å². The van der Waals surface area contributed by atoms with Gasteiger partial charge in [-0.3, -0.25) is 19.5 Å². The average Bonchev–Trinajstić information content (AvgIpc) is 3.27. The standard InChI is InChI=1S/C35H44N4O4/c1-6-39-31(38-29(34(39)42)12-8-10-24-14-17-27(18-15-24)35(3,4)5)13-9-11-28-20-21-36-33(37-28)25-16-19-30(43-7-2)26(22-25)23-32(40)41/h14-22,29H,6-13,23H2,1-5H3,(H,40,41). The molecule has 1 atom stereocenters. The lowest BCUT2D eigenvalue weighted by atomic mass is 9.86. The van der Waals surface area contributed by atoms with Crippen molar-refractivity contribution in [1.82, 2.24) is 14.9 Å². The first-order chi connectivity index (χ1) is 20.6. The lowest BCUT2D eigenvalue weighted by molar-refractivity contribution is -0.136. The van der Waals surface area contributed by atoms with Gasteiger partial charge in [0.05, 0.1) is 13.0 Å². The van der Waals surface area contributed by atoms with Crippen LogP contribution in [-0.2, 0) is 34.3 Å². The number of carboxylic acids is 1. The Morgan fingerprint density at radius 1 is 1.00 bits per heavy atom. The van der Waals surface area contributed by atoms with Crippen molar-refractivity contribution in [2.45, 2.75) is 91.0 Å². The first-order valence-electron chi connectivity index (χ1n) is 15.4. The van der Waals surface area contributed by atoms with Gasteiger partial charge in [-0.05, 0) is 86.8 Å². The van der Waals surface area contributed by atoms with Crippen molar-refractivity contribution in [1.29, 1.82) is 0 Å². The summed E-state index contributed by atoms with van der Waals surface area (Å²) in [6, 6.07) is 15.8. The fourth-order valence-corrected chi connectivity index (χ4v) is 5.43. The number of benzene rings is 2. The van der Waals surface area contributed by atoms with Crippen LogP contribution in [-0.4, -0.2) is 56.9 Å². The number of amidine groups is 1.